The van der Waals surface area contributed by atoms with E-state index in [1.165, 1.54) is 25.7 Å². The van der Waals surface area contributed by atoms with Gasteiger partial charge in [-0.15, -0.1) is 0 Å². The summed E-state index contributed by atoms with van der Waals surface area (Å²) in [5.41, 5.74) is 1.08. The first-order valence-corrected chi connectivity index (χ1v) is 8.21. The van der Waals surface area contributed by atoms with Gasteiger partial charge in [-0.1, -0.05) is 24.9 Å². The molecule has 1 aromatic rings. The van der Waals surface area contributed by atoms with Crippen molar-refractivity contribution in [2.75, 3.05) is 13.2 Å². The normalized spacial score (nSPS) is 22.1. The molecule has 3 heteroatoms. The van der Waals surface area contributed by atoms with Crippen molar-refractivity contribution in [3.8, 4) is 5.75 Å². The first-order valence-electron chi connectivity index (χ1n) is 7.83. The van der Waals surface area contributed by atoms with Gasteiger partial charge in [0.1, 0.15) is 5.75 Å². The number of hydrogen-bond acceptors (Lipinski definition) is 2. The van der Waals surface area contributed by atoms with Crippen LogP contribution in [0, 0.1) is 12.8 Å². The minimum absolute atomic E-state index is 0.700. The Morgan fingerprint density at radius 2 is 2.20 bits per heavy atom. The molecule has 2 unspecified atom stereocenters. The fourth-order valence-corrected chi connectivity index (χ4v) is 3.13. The number of hydrogen-bond donors (Lipinski definition) is 1. The first-order chi connectivity index (χ1) is 9.70. The molecule has 1 fully saturated rings. The Kier molecular flexibility index (Phi) is 6.18. The molecule has 1 aliphatic rings. The molecule has 0 amide bonds. The second kappa shape index (κ2) is 7.90. The molecule has 2 nitrogen and oxygen atoms in total. The molecule has 112 valence electrons. The minimum Gasteiger partial charge on any atom is -0.494 e. The van der Waals surface area contributed by atoms with E-state index in [2.05, 4.69) is 12.2 Å². The third kappa shape index (κ3) is 4.39. The fraction of sp³-hybridized carbons (Fsp3) is 0.647. The van der Waals surface area contributed by atoms with Crippen LogP contribution >= 0.6 is 11.6 Å². The smallest absolute Gasteiger partial charge is 0.119 e. The standard InChI is InChI=1S/C17H26ClNO/c1-3-10-19-17-6-4-5-14(17)9-11-20-15-7-8-16(18)13(2)12-15/h7-8,12,14,17,19H,3-6,9-11H2,1-2H3. The lowest BCUT2D eigenvalue weighted by molar-refractivity contribution is 0.260. The van der Waals surface area contributed by atoms with Gasteiger partial charge in [-0.2, -0.15) is 0 Å². The van der Waals surface area contributed by atoms with Crippen LogP contribution in [0.15, 0.2) is 18.2 Å². The Labute approximate surface area is 127 Å². The third-order valence-corrected chi connectivity index (χ3v) is 4.63. The van der Waals surface area contributed by atoms with E-state index in [1.807, 2.05) is 25.1 Å². The topological polar surface area (TPSA) is 21.3 Å². The largest absolute Gasteiger partial charge is 0.494 e. The first kappa shape index (κ1) is 15.7. The number of nitrogens with one attached hydrogen (secondary N) is 1. The Morgan fingerprint density at radius 3 is 2.95 bits per heavy atom. The zero-order valence-electron chi connectivity index (χ0n) is 12.6. The van der Waals surface area contributed by atoms with E-state index in [-0.39, 0.29) is 0 Å². The van der Waals surface area contributed by atoms with Gasteiger partial charge in [0.2, 0.25) is 0 Å². The monoisotopic (exact) mass is 295 g/mol. The van der Waals surface area contributed by atoms with E-state index < -0.39 is 0 Å². The molecular formula is C17H26ClNO. The van der Waals surface area contributed by atoms with Crippen LogP contribution in [0.4, 0.5) is 0 Å². The Balaban J connectivity index is 1.75. The Bertz CT molecular complexity index is 421. The average Bonchev–Trinajstić information content (AvgIpc) is 2.88. The van der Waals surface area contributed by atoms with E-state index in [4.69, 9.17) is 16.3 Å². The molecule has 2 rings (SSSR count). The van der Waals surface area contributed by atoms with Gasteiger partial charge in [-0.05, 0) is 68.8 Å². The molecule has 2 atom stereocenters. The van der Waals surface area contributed by atoms with Crippen LogP contribution in [0.3, 0.4) is 0 Å². The Morgan fingerprint density at radius 1 is 1.35 bits per heavy atom. The van der Waals surface area contributed by atoms with Gasteiger partial charge in [0.15, 0.2) is 0 Å². The van der Waals surface area contributed by atoms with Gasteiger partial charge in [0.25, 0.3) is 0 Å². The number of aryl methyl sites for hydroxylation is 1. The lowest BCUT2D eigenvalue weighted by Gasteiger charge is -2.21. The van der Waals surface area contributed by atoms with Crippen LogP contribution < -0.4 is 10.1 Å². The zero-order chi connectivity index (χ0) is 14.4. The van der Waals surface area contributed by atoms with E-state index in [0.717, 1.165) is 41.8 Å². The lowest BCUT2D eigenvalue weighted by atomic mass is 10.00. The van der Waals surface area contributed by atoms with Crippen molar-refractivity contribution in [1.29, 1.82) is 0 Å². The van der Waals surface area contributed by atoms with Gasteiger partial charge < -0.3 is 10.1 Å². The molecule has 0 radical (unpaired) electrons. The van der Waals surface area contributed by atoms with Crippen molar-refractivity contribution in [1.82, 2.24) is 5.32 Å². The highest BCUT2D eigenvalue weighted by Crippen LogP contribution is 2.29. The molecular weight excluding hydrogens is 270 g/mol. The maximum atomic E-state index is 6.02. The van der Waals surface area contributed by atoms with Gasteiger partial charge in [-0.3, -0.25) is 0 Å². The third-order valence-electron chi connectivity index (χ3n) is 4.20. The summed E-state index contributed by atoms with van der Waals surface area (Å²) in [7, 11) is 0. The predicted molar refractivity (Wildman–Crippen MR) is 85.7 cm³/mol. The van der Waals surface area contributed by atoms with Crippen molar-refractivity contribution >= 4 is 11.6 Å². The molecule has 1 N–H and O–H groups in total. The van der Waals surface area contributed by atoms with Crippen molar-refractivity contribution in [2.45, 2.75) is 52.0 Å². The summed E-state index contributed by atoms with van der Waals surface area (Å²) in [4.78, 5) is 0. The van der Waals surface area contributed by atoms with Crippen LogP contribution in [-0.4, -0.2) is 19.2 Å². The van der Waals surface area contributed by atoms with Crippen LogP contribution in [0.5, 0.6) is 5.75 Å². The minimum atomic E-state index is 0.700. The number of rotatable bonds is 7. The summed E-state index contributed by atoms with van der Waals surface area (Å²) < 4.78 is 5.87. The van der Waals surface area contributed by atoms with Crippen LogP contribution in [-0.2, 0) is 0 Å². The van der Waals surface area contributed by atoms with Gasteiger partial charge >= 0.3 is 0 Å². The maximum Gasteiger partial charge on any atom is 0.119 e. The van der Waals surface area contributed by atoms with Crippen molar-refractivity contribution in [3.63, 3.8) is 0 Å². The molecule has 0 aliphatic heterocycles. The molecule has 0 bridgehead atoms. The Hall–Kier alpha value is -0.730. The van der Waals surface area contributed by atoms with E-state index in [9.17, 15) is 0 Å². The second-order valence-corrected chi connectivity index (χ2v) is 6.21. The number of halogens is 1. The molecule has 0 spiro atoms. The van der Waals surface area contributed by atoms with Crippen LogP contribution in [0.2, 0.25) is 5.02 Å². The summed E-state index contributed by atoms with van der Waals surface area (Å²) in [6.45, 7) is 6.17. The predicted octanol–water partition coefficient (Wildman–Crippen LogP) is 4.59. The van der Waals surface area contributed by atoms with Gasteiger partial charge in [0, 0.05) is 11.1 Å². The molecule has 0 heterocycles. The highest BCUT2D eigenvalue weighted by molar-refractivity contribution is 6.31. The molecule has 0 aromatic heterocycles. The van der Waals surface area contributed by atoms with Crippen molar-refractivity contribution in [2.24, 2.45) is 5.92 Å². The van der Waals surface area contributed by atoms with E-state index in [0.29, 0.717) is 6.04 Å². The zero-order valence-corrected chi connectivity index (χ0v) is 13.4. The SMILES string of the molecule is CCCNC1CCCC1CCOc1ccc(Cl)c(C)c1. The van der Waals surface area contributed by atoms with Crippen molar-refractivity contribution < 1.29 is 4.74 Å². The molecule has 1 aromatic carbocycles. The summed E-state index contributed by atoms with van der Waals surface area (Å²) in [5, 5.41) is 4.48. The van der Waals surface area contributed by atoms with E-state index in [1.54, 1.807) is 0 Å². The summed E-state index contributed by atoms with van der Waals surface area (Å²) in [6.07, 6.45) is 6.37. The quantitative estimate of drug-likeness (QED) is 0.794. The summed E-state index contributed by atoms with van der Waals surface area (Å²) in [6, 6.07) is 6.58. The molecule has 1 aliphatic carbocycles. The molecule has 0 saturated heterocycles. The van der Waals surface area contributed by atoms with Crippen LogP contribution in [0.25, 0.3) is 0 Å². The lowest BCUT2D eigenvalue weighted by Crippen LogP contribution is -2.33. The highest BCUT2D eigenvalue weighted by atomic mass is 35.5. The average molecular weight is 296 g/mol. The van der Waals surface area contributed by atoms with E-state index >= 15 is 0 Å². The highest BCUT2D eigenvalue weighted by Gasteiger charge is 2.26. The summed E-state index contributed by atoms with van der Waals surface area (Å²) >= 11 is 6.02. The fourth-order valence-electron chi connectivity index (χ4n) is 3.02. The van der Waals surface area contributed by atoms with Crippen LogP contribution in [0.1, 0.15) is 44.6 Å². The van der Waals surface area contributed by atoms with Gasteiger partial charge in [0.05, 0.1) is 6.61 Å². The number of benzene rings is 1. The second-order valence-electron chi connectivity index (χ2n) is 5.80. The van der Waals surface area contributed by atoms with Gasteiger partial charge in [-0.25, -0.2) is 0 Å². The number of ether oxygens (including phenoxy) is 1. The summed E-state index contributed by atoms with van der Waals surface area (Å²) in [5.74, 6) is 1.71. The maximum absolute atomic E-state index is 6.02. The molecule has 20 heavy (non-hydrogen) atoms. The molecule has 1 saturated carbocycles. The van der Waals surface area contributed by atoms with Crippen molar-refractivity contribution in [3.05, 3.63) is 28.8 Å².